The Morgan fingerprint density at radius 1 is 1.33 bits per heavy atom. The third-order valence-electron chi connectivity index (χ3n) is 4.80. The molecule has 6 heteroatoms. The van der Waals surface area contributed by atoms with E-state index in [0.717, 1.165) is 12.8 Å². The summed E-state index contributed by atoms with van der Waals surface area (Å²) in [5.41, 5.74) is -0.544. The Kier molecular flexibility index (Phi) is 4.78. The Balaban J connectivity index is 1.87. The van der Waals surface area contributed by atoms with Gasteiger partial charge < -0.3 is 5.32 Å². The predicted octanol–water partition coefficient (Wildman–Crippen LogP) is 1.66. The average molecular weight is 314 g/mol. The number of nitrogens with one attached hydrogen (secondary N) is 1. The number of rotatable bonds is 6. The summed E-state index contributed by atoms with van der Waals surface area (Å²) in [5, 5.41) is 2.90. The van der Waals surface area contributed by atoms with Gasteiger partial charge in [-0.2, -0.15) is 0 Å². The van der Waals surface area contributed by atoms with Crippen LogP contribution >= 0.6 is 0 Å². The van der Waals surface area contributed by atoms with Gasteiger partial charge >= 0.3 is 0 Å². The monoisotopic (exact) mass is 314 g/mol. The summed E-state index contributed by atoms with van der Waals surface area (Å²) in [6.07, 6.45) is 5.37. The van der Waals surface area contributed by atoms with Crippen LogP contribution in [0.15, 0.2) is 12.7 Å². The number of nitrogens with zero attached hydrogens (tertiary/aromatic N) is 1. The summed E-state index contributed by atoms with van der Waals surface area (Å²) in [7, 11) is -3.07. The maximum atomic E-state index is 12.3. The fourth-order valence-corrected chi connectivity index (χ4v) is 4.45. The van der Waals surface area contributed by atoms with Crippen molar-refractivity contribution in [2.75, 3.05) is 13.1 Å². The molecular weight excluding hydrogens is 288 g/mol. The summed E-state index contributed by atoms with van der Waals surface area (Å²) < 4.78 is 25.9. The van der Waals surface area contributed by atoms with Gasteiger partial charge in [0.2, 0.25) is 15.9 Å². The van der Waals surface area contributed by atoms with Crippen LogP contribution in [0, 0.1) is 5.41 Å². The largest absolute Gasteiger partial charge is 0.353 e. The van der Waals surface area contributed by atoms with Crippen LogP contribution in [0.5, 0.6) is 0 Å². The van der Waals surface area contributed by atoms with Gasteiger partial charge in [-0.25, -0.2) is 12.7 Å². The smallest absolute Gasteiger partial charge is 0.229 e. The fraction of sp³-hybridized carbons (Fsp3) is 0.800. The predicted molar refractivity (Wildman–Crippen MR) is 83.3 cm³/mol. The lowest BCUT2D eigenvalue weighted by Crippen LogP contribution is -2.50. The lowest BCUT2D eigenvalue weighted by molar-refractivity contribution is -0.128. The van der Waals surface area contributed by atoms with Crippen LogP contribution in [-0.2, 0) is 14.8 Å². The molecule has 2 aliphatic rings. The zero-order valence-corrected chi connectivity index (χ0v) is 13.8. The van der Waals surface area contributed by atoms with E-state index < -0.39 is 15.4 Å². The Hall–Kier alpha value is -0.880. The molecule has 1 unspecified atom stereocenters. The van der Waals surface area contributed by atoms with Crippen LogP contribution in [-0.4, -0.2) is 43.0 Å². The van der Waals surface area contributed by atoms with Crippen molar-refractivity contribution in [3.8, 4) is 0 Å². The van der Waals surface area contributed by atoms with E-state index in [2.05, 4.69) is 11.9 Å². The van der Waals surface area contributed by atoms with E-state index in [1.807, 2.05) is 13.8 Å². The lowest BCUT2D eigenvalue weighted by Gasteiger charge is -2.33. The van der Waals surface area contributed by atoms with Gasteiger partial charge in [0, 0.05) is 19.1 Å². The van der Waals surface area contributed by atoms with E-state index in [9.17, 15) is 13.2 Å². The van der Waals surface area contributed by atoms with Crippen molar-refractivity contribution >= 4 is 15.9 Å². The van der Waals surface area contributed by atoms with Gasteiger partial charge in [-0.3, -0.25) is 4.79 Å². The first kappa shape index (κ1) is 16.5. The third-order valence-corrected chi connectivity index (χ3v) is 7.20. The molecule has 120 valence electrons. The molecule has 1 saturated heterocycles. The van der Waals surface area contributed by atoms with E-state index in [0.29, 0.717) is 32.4 Å². The Labute approximate surface area is 127 Å². The van der Waals surface area contributed by atoms with Crippen LogP contribution in [0.2, 0.25) is 0 Å². The number of carbonyl (C=O) groups is 1. The first-order valence-corrected chi connectivity index (χ1v) is 9.27. The number of piperidine rings is 1. The second kappa shape index (κ2) is 6.08. The van der Waals surface area contributed by atoms with Crippen molar-refractivity contribution in [2.24, 2.45) is 5.41 Å². The number of sulfonamides is 1. The summed E-state index contributed by atoms with van der Waals surface area (Å²) in [4.78, 5) is 12.3. The highest BCUT2D eigenvalue weighted by atomic mass is 32.2. The zero-order chi connectivity index (χ0) is 15.7. The highest BCUT2D eigenvalue weighted by Crippen LogP contribution is 2.32. The van der Waals surface area contributed by atoms with E-state index in [-0.39, 0.29) is 17.2 Å². The standard InChI is InChI=1S/C15H26N2O3S/c1-4-15(3,5-2)14(18)16-12-8-10-17(11-9-12)21(19,20)13-6-7-13/h4,12-13H,1,5-11H2,2-3H3,(H,16,18). The molecule has 0 radical (unpaired) electrons. The summed E-state index contributed by atoms with van der Waals surface area (Å²) >= 11 is 0. The highest BCUT2D eigenvalue weighted by molar-refractivity contribution is 7.90. The minimum absolute atomic E-state index is 0.0106. The normalized spacial score (nSPS) is 24.3. The molecule has 0 bridgehead atoms. The van der Waals surface area contributed by atoms with Crippen LogP contribution in [0.4, 0.5) is 0 Å². The molecule has 1 heterocycles. The lowest BCUT2D eigenvalue weighted by atomic mass is 9.86. The van der Waals surface area contributed by atoms with Gasteiger partial charge in [-0.05, 0) is 39.0 Å². The first-order valence-electron chi connectivity index (χ1n) is 7.77. The van der Waals surface area contributed by atoms with Crippen molar-refractivity contribution in [3.05, 3.63) is 12.7 Å². The maximum absolute atomic E-state index is 12.3. The molecule has 1 N–H and O–H groups in total. The Bertz CT molecular complexity index is 505. The quantitative estimate of drug-likeness (QED) is 0.758. The van der Waals surface area contributed by atoms with Crippen molar-refractivity contribution in [1.82, 2.24) is 9.62 Å². The molecule has 1 amide bonds. The van der Waals surface area contributed by atoms with Gasteiger partial charge in [-0.15, -0.1) is 6.58 Å². The van der Waals surface area contributed by atoms with E-state index in [1.165, 1.54) is 0 Å². The van der Waals surface area contributed by atoms with Crippen molar-refractivity contribution < 1.29 is 13.2 Å². The SMILES string of the molecule is C=CC(C)(CC)C(=O)NC1CCN(S(=O)(=O)C2CC2)CC1. The molecule has 2 rings (SSSR count). The van der Waals surface area contributed by atoms with Gasteiger partial charge in [0.05, 0.1) is 10.7 Å². The molecule has 5 nitrogen and oxygen atoms in total. The Morgan fingerprint density at radius 3 is 2.33 bits per heavy atom. The van der Waals surface area contributed by atoms with Gasteiger partial charge in [0.15, 0.2) is 0 Å². The molecule has 0 aromatic rings. The molecular formula is C15H26N2O3S. The highest BCUT2D eigenvalue weighted by Gasteiger charge is 2.41. The first-order chi connectivity index (χ1) is 9.83. The summed E-state index contributed by atoms with van der Waals surface area (Å²) in [5.74, 6) is -0.0106. The van der Waals surface area contributed by atoms with Crippen molar-refractivity contribution in [1.29, 1.82) is 0 Å². The van der Waals surface area contributed by atoms with Gasteiger partial charge in [-0.1, -0.05) is 13.0 Å². The molecule has 1 aliphatic heterocycles. The van der Waals surface area contributed by atoms with Crippen LogP contribution in [0.3, 0.4) is 0 Å². The molecule has 21 heavy (non-hydrogen) atoms. The van der Waals surface area contributed by atoms with E-state index >= 15 is 0 Å². The molecule has 1 saturated carbocycles. The van der Waals surface area contributed by atoms with Gasteiger partial charge in [0.25, 0.3) is 0 Å². The minimum Gasteiger partial charge on any atom is -0.353 e. The van der Waals surface area contributed by atoms with Crippen LogP contribution in [0.1, 0.15) is 46.0 Å². The fourth-order valence-electron chi connectivity index (χ4n) is 2.58. The number of hydrogen-bond donors (Lipinski definition) is 1. The number of amides is 1. The second-order valence-corrected chi connectivity index (χ2v) is 8.58. The van der Waals surface area contributed by atoms with Crippen LogP contribution < -0.4 is 5.32 Å². The number of carbonyl (C=O) groups excluding carboxylic acids is 1. The molecule has 0 aromatic heterocycles. The molecule has 0 spiro atoms. The van der Waals surface area contributed by atoms with Gasteiger partial charge in [0.1, 0.15) is 0 Å². The molecule has 1 aliphatic carbocycles. The second-order valence-electron chi connectivity index (χ2n) is 6.37. The maximum Gasteiger partial charge on any atom is 0.229 e. The minimum atomic E-state index is -3.07. The van der Waals surface area contributed by atoms with E-state index in [1.54, 1.807) is 10.4 Å². The summed E-state index contributed by atoms with van der Waals surface area (Å²) in [6.45, 7) is 8.61. The summed E-state index contributed by atoms with van der Waals surface area (Å²) in [6, 6.07) is 0.0639. The zero-order valence-electron chi connectivity index (χ0n) is 13.0. The van der Waals surface area contributed by atoms with Crippen LogP contribution in [0.25, 0.3) is 0 Å². The molecule has 1 atom stereocenters. The molecule has 2 fully saturated rings. The van der Waals surface area contributed by atoms with E-state index in [4.69, 9.17) is 0 Å². The Morgan fingerprint density at radius 2 is 1.90 bits per heavy atom. The number of hydrogen-bond acceptors (Lipinski definition) is 3. The van der Waals surface area contributed by atoms with Crippen molar-refractivity contribution in [3.63, 3.8) is 0 Å². The third kappa shape index (κ3) is 3.48. The topological polar surface area (TPSA) is 66.5 Å². The molecule has 0 aromatic carbocycles. The average Bonchev–Trinajstić information content (AvgIpc) is 3.32. The van der Waals surface area contributed by atoms with Crippen molar-refractivity contribution in [2.45, 2.75) is 57.2 Å².